The first kappa shape index (κ1) is 8.35. The van der Waals surface area contributed by atoms with Crippen molar-refractivity contribution in [2.24, 2.45) is 11.8 Å². The van der Waals surface area contributed by atoms with Crippen molar-refractivity contribution in [3.63, 3.8) is 0 Å². The number of anilines is 2. The van der Waals surface area contributed by atoms with Gasteiger partial charge in [-0.3, -0.25) is 4.98 Å². The Morgan fingerprint density at radius 1 is 1.69 bits per heavy atom. The fraction of sp³-hybridized carbons (Fsp3) is 0.500. The first-order valence-electron chi connectivity index (χ1n) is 4.70. The summed E-state index contributed by atoms with van der Waals surface area (Å²) in [6, 6.07) is 1.92. The maximum absolute atomic E-state index is 5.74. The first-order valence-corrected chi connectivity index (χ1v) is 4.70. The van der Waals surface area contributed by atoms with Crippen LogP contribution in [0.15, 0.2) is 18.5 Å². The van der Waals surface area contributed by atoms with Crippen LogP contribution in [0.5, 0.6) is 0 Å². The van der Waals surface area contributed by atoms with E-state index in [1.54, 1.807) is 12.4 Å². The minimum atomic E-state index is 0.732. The number of hydrogen-bond acceptors (Lipinski definition) is 3. The number of nitrogens with two attached hydrogens (primary N) is 1. The molecule has 0 amide bonds. The van der Waals surface area contributed by atoms with Gasteiger partial charge in [0.25, 0.3) is 0 Å². The van der Waals surface area contributed by atoms with Gasteiger partial charge in [0.05, 0.1) is 17.6 Å². The van der Waals surface area contributed by atoms with E-state index in [9.17, 15) is 0 Å². The second kappa shape index (κ2) is 3.24. The van der Waals surface area contributed by atoms with Gasteiger partial charge >= 0.3 is 0 Å². The van der Waals surface area contributed by atoms with Gasteiger partial charge in [0.15, 0.2) is 0 Å². The number of rotatable bonds is 3. The van der Waals surface area contributed by atoms with Crippen LogP contribution in [0.1, 0.15) is 13.3 Å². The van der Waals surface area contributed by atoms with E-state index in [1.807, 2.05) is 6.07 Å². The van der Waals surface area contributed by atoms with Gasteiger partial charge in [0.1, 0.15) is 0 Å². The van der Waals surface area contributed by atoms with Crippen molar-refractivity contribution in [1.29, 1.82) is 0 Å². The van der Waals surface area contributed by atoms with E-state index < -0.39 is 0 Å². The summed E-state index contributed by atoms with van der Waals surface area (Å²) in [7, 11) is 0. The summed E-state index contributed by atoms with van der Waals surface area (Å²) in [6.45, 7) is 3.32. The molecule has 1 heterocycles. The Morgan fingerprint density at radius 3 is 3.08 bits per heavy atom. The van der Waals surface area contributed by atoms with E-state index in [0.717, 1.165) is 29.8 Å². The third-order valence-corrected chi connectivity index (χ3v) is 2.68. The minimum absolute atomic E-state index is 0.732. The highest BCUT2D eigenvalue weighted by molar-refractivity contribution is 5.64. The largest absolute Gasteiger partial charge is 0.396 e. The van der Waals surface area contributed by atoms with Crippen LogP contribution >= 0.6 is 0 Å². The van der Waals surface area contributed by atoms with E-state index in [2.05, 4.69) is 17.2 Å². The molecule has 2 unspecified atom stereocenters. The monoisotopic (exact) mass is 177 g/mol. The van der Waals surface area contributed by atoms with Crippen LogP contribution in [0.25, 0.3) is 0 Å². The lowest BCUT2D eigenvalue weighted by Gasteiger charge is -2.07. The minimum Gasteiger partial charge on any atom is -0.396 e. The van der Waals surface area contributed by atoms with E-state index in [4.69, 9.17) is 5.73 Å². The van der Waals surface area contributed by atoms with Crippen molar-refractivity contribution in [2.75, 3.05) is 17.6 Å². The van der Waals surface area contributed by atoms with Gasteiger partial charge in [0, 0.05) is 12.7 Å². The van der Waals surface area contributed by atoms with Crippen LogP contribution in [-0.2, 0) is 0 Å². The van der Waals surface area contributed by atoms with Crippen LogP contribution in [0.2, 0.25) is 0 Å². The summed E-state index contributed by atoms with van der Waals surface area (Å²) < 4.78 is 0. The van der Waals surface area contributed by atoms with Gasteiger partial charge in [-0.05, 0) is 24.3 Å². The summed E-state index contributed by atoms with van der Waals surface area (Å²) in [5.41, 5.74) is 7.48. The number of nitrogen functional groups attached to an aromatic ring is 1. The smallest absolute Gasteiger partial charge is 0.0736 e. The lowest BCUT2D eigenvalue weighted by atomic mass is 10.3. The lowest BCUT2D eigenvalue weighted by molar-refractivity contribution is 0.787. The number of hydrogen-bond donors (Lipinski definition) is 2. The standard InChI is InChI=1S/C10H15N3/c1-7-4-8(7)5-13-10-2-3-12-6-9(10)11/h2-3,6-8H,4-5,11H2,1H3,(H,12,13). The number of nitrogens with zero attached hydrogens (tertiary/aromatic N) is 1. The van der Waals surface area contributed by atoms with E-state index in [0.29, 0.717) is 0 Å². The van der Waals surface area contributed by atoms with Gasteiger partial charge in [-0.1, -0.05) is 6.92 Å². The molecule has 1 aromatic heterocycles. The summed E-state index contributed by atoms with van der Waals surface area (Å²) >= 11 is 0. The number of nitrogens with one attached hydrogen (secondary N) is 1. The highest BCUT2D eigenvalue weighted by atomic mass is 14.9. The zero-order valence-electron chi connectivity index (χ0n) is 7.83. The van der Waals surface area contributed by atoms with Crippen LogP contribution in [0, 0.1) is 11.8 Å². The molecule has 3 nitrogen and oxygen atoms in total. The average Bonchev–Trinajstić information content (AvgIpc) is 2.81. The van der Waals surface area contributed by atoms with E-state index in [1.165, 1.54) is 6.42 Å². The highest BCUT2D eigenvalue weighted by Gasteiger charge is 2.31. The van der Waals surface area contributed by atoms with Gasteiger partial charge in [-0.25, -0.2) is 0 Å². The fourth-order valence-corrected chi connectivity index (χ4v) is 1.49. The molecule has 0 saturated heterocycles. The molecule has 0 bridgehead atoms. The van der Waals surface area contributed by atoms with Crippen molar-refractivity contribution in [3.8, 4) is 0 Å². The summed E-state index contributed by atoms with van der Waals surface area (Å²) in [4.78, 5) is 3.94. The quantitative estimate of drug-likeness (QED) is 0.739. The van der Waals surface area contributed by atoms with Gasteiger partial charge in [-0.2, -0.15) is 0 Å². The van der Waals surface area contributed by atoms with E-state index >= 15 is 0 Å². The van der Waals surface area contributed by atoms with Crippen molar-refractivity contribution >= 4 is 11.4 Å². The highest BCUT2D eigenvalue weighted by Crippen LogP contribution is 2.37. The van der Waals surface area contributed by atoms with Crippen LogP contribution in [0.4, 0.5) is 11.4 Å². The van der Waals surface area contributed by atoms with Crippen LogP contribution < -0.4 is 11.1 Å². The van der Waals surface area contributed by atoms with Crippen molar-refractivity contribution in [1.82, 2.24) is 4.98 Å². The van der Waals surface area contributed by atoms with Crippen LogP contribution in [0.3, 0.4) is 0 Å². The molecular formula is C10H15N3. The molecule has 0 aromatic carbocycles. The molecular weight excluding hydrogens is 162 g/mol. The Bertz CT molecular complexity index is 298. The summed E-state index contributed by atoms with van der Waals surface area (Å²) in [5.74, 6) is 1.73. The van der Waals surface area contributed by atoms with Crippen molar-refractivity contribution in [3.05, 3.63) is 18.5 Å². The summed E-state index contributed by atoms with van der Waals surface area (Å²) in [6.07, 6.45) is 4.78. The Labute approximate surface area is 78.4 Å². The van der Waals surface area contributed by atoms with Gasteiger partial charge < -0.3 is 11.1 Å². The molecule has 1 aliphatic carbocycles. The molecule has 3 heteroatoms. The maximum atomic E-state index is 5.74. The molecule has 0 aliphatic heterocycles. The Kier molecular flexibility index (Phi) is 2.08. The van der Waals surface area contributed by atoms with Gasteiger partial charge in [-0.15, -0.1) is 0 Å². The SMILES string of the molecule is CC1CC1CNc1ccncc1N. The number of pyridine rings is 1. The van der Waals surface area contributed by atoms with E-state index in [-0.39, 0.29) is 0 Å². The zero-order chi connectivity index (χ0) is 9.26. The first-order chi connectivity index (χ1) is 6.27. The lowest BCUT2D eigenvalue weighted by Crippen LogP contribution is -2.06. The third-order valence-electron chi connectivity index (χ3n) is 2.68. The van der Waals surface area contributed by atoms with Gasteiger partial charge in [0.2, 0.25) is 0 Å². The number of aromatic nitrogens is 1. The Balaban J connectivity index is 1.90. The Hall–Kier alpha value is -1.25. The zero-order valence-corrected chi connectivity index (χ0v) is 7.83. The normalized spacial score (nSPS) is 25.6. The molecule has 2 rings (SSSR count). The van der Waals surface area contributed by atoms with Crippen molar-refractivity contribution < 1.29 is 0 Å². The fourth-order valence-electron chi connectivity index (χ4n) is 1.49. The molecule has 1 aliphatic rings. The molecule has 1 aromatic rings. The maximum Gasteiger partial charge on any atom is 0.0736 e. The molecule has 3 N–H and O–H groups in total. The molecule has 1 saturated carbocycles. The predicted octanol–water partition coefficient (Wildman–Crippen LogP) is 1.73. The molecule has 13 heavy (non-hydrogen) atoms. The van der Waals surface area contributed by atoms with Crippen molar-refractivity contribution in [2.45, 2.75) is 13.3 Å². The topological polar surface area (TPSA) is 50.9 Å². The molecule has 0 radical (unpaired) electrons. The second-order valence-corrected chi connectivity index (χ2v) is 3.82. The molecule has 0 spiro atoms. The summed E-state index contributed by atoms with van der Waals surface area (Å²) in [5, 5.41) is 3.34. The second-order valence-electron chi connectivity index (χ2n) is 3.82. The average molecular weight is 177 g/mol. The predicted molar refractivity (Wildman–Crippen MR) is 54.4 cm³/mol. The molecule has 2 atom stereocenters. The molecule has 70 valence electrons. The third kappa shape index (κ3) is 1.91. The Morgan fingerprint density at radius 2 is 2.46 bits per heavy atom. The molecule has 1 fully saturated rings. The van der Waals surface area contributed by atoms with Crippen LogP contribution in [-0.4, -0.2) is 11.5 Å².